The van der Waals surface area contributed by atoms with Gasteiger partial charge in [-0.1, -0.05) is 12.8 Å². The standard InChI is InChI=1S/C10H19N3O2/c1-7(9(11)15)13-8(14)6-10(12)4-2-3-5-10/h7H,2-6,12H2,1H3,(H2,11,15)(H,13,14). The van der Waals surface area contributed by atoms with E-state index in [1.807, 2.05) is 0 Å². The molecule has 86 valence electrons. The number of carbonyl (C=O) groups excluding carboxylic acids is 2. The molecular formula is C10H19N3O2. The highest BCUT2D eigenvalue weighted by atomic mass is 16.2. The third kappa shape index (κ3) is 3.51. The molecule has 1 aliphatic rings. The molecule has 0 aliphatic heterocycles. The van der Waals surface area contributed by atoms with Crippen molar-refractivity contribution in [3.8, 4) is 0 Å². The van der Waals surface area contributed by atoms with Crippen molar-refractivity contribution in [3.05, 3.63) is 0 Å². The van der Waals surface area contributed by atoms with E-state index < -0.39 is 11.9 Å². The predicted octanol–water partition coefficient (Wildman–Crippen LogP) is -0.362. The highest BCUT2D eigenvalue weighted by Gasteiger charge is 2.32. The van der Waals surface area contributed by atoms with Crippen LogP contribution < -0.4 is 16.8 Å². The maximum absolute atomic E-state index is 11.5. The van der Waals surface area contributed by atoms with Crippen molar-refractivity contribution in [2.24, 2.45) is 11.5 Å². The SMILES string of the molecule is CC(NC(=O)CC1(N)CCCC1)C(N)=O. The Morgan fingerprint density at radius 1 is 1.40 bits per heavy atom. The average Bonchev–Trinajstić information content (AvgIpc) is 2.50. The van der Waals surface area contributed by atoms with Crippen LogP contribution >= 0.6 is 0 Å². The lowest BCUT2D eigenvalue weighted by atomic mass is 9.94. The lowest BCUT2D eigenvalue weighted by molar-refractivity contribution is -0.127. The van der Waals surface area contributed by atoms with E-state index >= 15 is 0 Å². The molecule has 1 aliphatic carbocycles. The van der Waals surface area contributed by atoms with Gasteiger partial charge in [0.2, 0.25) is 11.8 Å². The Bertz CT molecular complexity index is 259. The van der Waals surface area contributed by atoms with E-state index in [1.54, 1.807) is 6.92 Å². The van der Waals surface area contributed by atoms with Crippen molar-refractivity contribution in [2.75, 3.05) is 0 Å². The largest absolute Gasteiger partial charge is 0.368 e. The molecule has 2 amide bonds. The van der Waals surface area contributed by atoms with E-state index in [2.05, 4.69) is 5.32 Å². The molecule has 1 unspecified atom stereocenters. The van der Waals surface area contributed by atoms with Crippen LogP contribution in [0.4, 0.5) is 0 Å². The van der Waals surface area contributed by atoms with E-state index in [4.69, 9.17) is 11.5 Å². The molecule has 1 saturated carbocycles. The van der Waals surface area contributed by atoms with Gasteiger partial charge in [0.25, 0.3) is 0 Å². The topological polar surface area (TPSA) is 98.2 Å². The third-order valence-electron chi connectivity index (χ3n) is 2.92. The van der Waals surface area contributed by atoms with E-state index in [1.165, 1.54) is 0 Å². The van der Waals surface area contributed by atoms with Gasteiger partial charge >= 0.3 is 0 Å². The first kappa shape index (κ1) is 12.0. The van der Waals surface area contributed by atoms with Gasteiger partial charge in [-0.3, -0.25) is 9.59 Å². The number of carbonyl (C=O) groups is 2. The molecule has 1 fully saturated rings. The van der Waals surface area contributed by atoms with E-state index in [0.29, 0.717) is 0 Å². The van der Waals surface area contributed by atoms with Gasteiger partial charge in [0.1, 0.15) is 6.04 Å². The van der Waals surface area contributed by atoms with Crippen molar-refractivity contribution < 1.29 is 9.59 Å². The molecule has 0 bridgehead atoms. The quantitative estimate of drug-likeness (QED) is 0.594. The normalized spacial score (nSPS) is 20.9. The van der Waals surface area contributed by atoms with E-state index in [9.17, 15) is 9.59 Å². The summed E-state index contributed by atoms with van der Waals surface area (Å²) in [5.41, 5.74) is 10.7. The zero-order chi connectivity index (χ0) is 11.5. The molecule has 0 aromatic heterocycles. The summed E-state index contributed by atoms with van der Waals surface area (Å²) in [7, 11) is 0. The molecule has 5 N–H and O–H groups in total. The van der Waals surface area contributed by atoms with Crippen LogP contribution in [0.1, 0.15) is 39.0 Å². The second-order valence-corrected chi connectivity index (χ2v) is 4.44. The van der Waals surface area contributed by atoms with E-state index in [-0.39, 0.29) is 17.9 Å². The van der Waals surface area contributed by atoms with Gasteiger partial charge in [-0.15, -0.1) is 0 Å². The van der Waals surface area contributed by atoms with Gasteiger partial charge in [0, 0.05) is 12.0 Å². The Balaban J connectivity index is 2.38. The molecule has 5 heteroatoms. The molecule has 0 saturated heterocycles. The van der Waals surface area contributed by atoms with Crippen LogP contribution in [0.2, 0.25) is 0 Å². The van der Waals surface area contributed by atoms with Crippen LogP contribution in [0.3, 0.4) is 0 Å². The Hall–Kier alpha value is -1.10. The Morgan fingerprint density at radius 2 is 1.93 bits per heavy atom. The summed E-state index contributed by atoms with van der Waals surface area (Å²) in [4.78, 5) is 22.2. The fourth-order valence-corrected chi connectivity index (χ4v) is 1.94. The van der Waals surface area contributed by atoms with Gasteiger partial charge < -0.3 is 16.8 Å². The third-order valence-corrected chi connectivity index (χ3v) is 2.92. The van der Waals surface area contributed by atoms with Crippen molar-refractivity contribution >= 4 is 11.8 Å². The maximum Gasteiger partial charge on any atom is 0.239 e. The second kappa shape index (κ2) is 4.61. The average molecular weight is 213 g/mol. The Morgan fingerprint density at radius 3 is 2.40 bits per heavy atom. The summed E-state index contributed by atoms with van der Waals surface area (Å²) in [5.74, 6) is -0.716. The number of primary amides is 1. The Kier molecular flexibility index (Phi) is 3.68. The first-order valence-electron chi connectivity index (χ1n) is 5.30. The number of hydrogen-bond donors (Lipinski definition) is 3. The zero-order valence-electron chi connectivity index (χ0n) is 9.08. The van der Waals surface area contributed by atoms with Crippen LogP contribution in [0.25, 0.3) is 0 Å². The molecule has 0 spiro atoms. The van der Waals surface area contributed by atoms with Crippen LogP contribution in [-0.2, 0) is 9.59 Å². The highest BCUT2D eigenvalue weighted by molar-refractivity contribution is 5.86. The van der Waals surface area contributed by atoms with Gasteiger partial charge in [-0.25, -0.2) is 0 Å². The molecule has 0 aromatic rings. The molecule has 0 heterocycles. The number of nitrogens with two attached hydrogens (primary N) is 2. The lowest BCUT2D eigenvalue weighted by Gasteiger charge is -2.23. The molecule has 5 nitrogen and oxygen atoms in total. The summed E-state index contributed by atoms with van der Waals surface area (Å²) < 4.78 is 0. The zero-order valence-corrected chi connectivity index (χ0v) is 9.08. The van der Waals surface area contributed by atoms with Crippen molar-refractivity contribution in [3.63, 3.8) is 0 Å². The lowest BCUT2D eigenvalue weighted by Crippen LogP contribution is -2.47. The van der Waals surface area contributed by atoms with Crippen LogP contribution in [0, 0.1) is 0 Å². The van der Waals surface area contributed by atoms with E-state index in [0.717, 1.165) is 25.7 Å². The molecule has 1 atom stereocenters. The first-order chi connectivity index (χ1) is 6.93. The minimum Gasteiger partial charge on any atom is -0.368 e. The van der Waals surface area contributed by atoms with Crippen LogP contribution in [0.5, 0.6) is 0 Å². The maximum atomic E-state index is 11.5. The highest BCUT2D eigenvalue weighted by Crippen LogP contribution is 2.29. The van der Waals surface area contributed by atoms with Crippen molar-refractivity contribution in [2.45, 2.75) is 50.6 Å². The minimum absolute atomic E-state index is 0.189. The molecule has 0 aromatic carbocycles. The monoisotopic (exact) mass is 213 g/mol. The second-order valence-electron chi connectivity index (χ2n) is 4.44. The summed E-state index contributed by atoms with van der Waals surface area (Å²) in [6.07, 6.45) is 4.20. The number of rotatable bonds is 4. The molecular weight excluding hydrogens is 194 g/mol. The molecule has 15 heavy (non-hydrogen) atoms. The number of nitrogens with one attached hydrogen (secondary N) is 1. The van der Waals surface area contributed by atoms with Crippen LogP contribution in [-0.4, -0.2) is 23.4 Å². The fraction of sp³-hybridized carbons (Fsp3) is 0.800. The summed E-state index contributed by atoms with van der Waals surface area (Å²) >= 11 is 0. The van der Waals surface area contributed by atoms with Gasteiger partial charge in [0.15, 0.2) is 0 Å². The predicted molar refractivity (Wildman–Crippen MR) is 56.8 cm³/mol. The summed E-state index contributed by atoms with van der Waals surface area (Å²) in [6, 6.07) is -0.623. The minimum atomic E-state index is -0.623. The molecule has 1 rings (SSSR count). The van der Waals surface area contributed by atoms with Gasteiger partial charge in [-0.05, 0) is 19.8 Å². The summed E-state index contributed by atoms with van der Waals surface area (Å²) in [6.45, 7) is 1.57. The summed E-state index contributed by atoms with van der Waals surface area (Å²) in [5, 5.41) is 2.54. The van der Waals surface area contributed by atoms with Gasteiger partial charge in [0.05, 0.1) is 0 Å². The molecule has 0 radical (unpaired) electrons. The van der Waals surface area contributed by atoms with Crippen molar-refractivity contribution in [1.29, 1.82) is 0 Å². The fourth-order valence-electron chi connectivity index (χ4n) is 1.94. The number of amides is 2. The number of hydrogen-bond acceptors (Lipinski definition) is 3. The van der Waals surface area contributed by atoms with Gasteiger partial charge in [-0.2, -0.15) is 0 Å². The first-order valence-corrected chi connectivity index (χ1v) is 5.30. The Labute approximate surface area is 89.6 Å². The van der Waals surface area contributed by atoms with Crippen LogP contribution in [0.15, 0.2) is 0 Å². The smallest absolute Gasteiger partial charge is 0.239 e. The van der Waals surface area contributed by atoms with Crippen molar-refractivity contribution in [1.82, 2.24) is 5.32 Å².